The molecule has 1 saturated heterocycles. The first kappa shape index (κ1) is 20.9. The van der Waals surface area contributed by atoms with E-state index in [1.54, 1.807) is 0 Å². The Morgan fingerprint density at radius 2 is 1.56 bits per heavy atom. The molecule has 0 radical (unpaired) electrons. The Balaban J connectivity index is 1.32. The molecule has 0 saturated carbocycles. The number of nitrogens with zero attached hydrogens (tertiary/aromatic N) is 1. The first-order chi connectivity index (χ1) is 15.5. The third-order valence-electron chi connectivity index (χ3n) is 7.47. The predicted octanol–water partition coefficient (Wildman–Crippen LogP) is 4.30. The summed E-state index contributed by atoms with van der Waals surface area (Å²) < 4.78 is 6.77. The smallest absolute Gasteiger partial charge is 0.347 e. The molecule has 1 N–H and O–H groups in total. The van der Waals surface area contributed by atoms with Crippen molar-refractivity contribution >= 4 is 5.97 Å². The molecule has 2 atom stereocenters. The molecule has 32 heavy (non-hydrogen) atoms. The molecule has 0 aromatic heterocycles. The van der Waals surface area contributed by atoms with E-state index in [-0.39, 0.29) is 6.04 Å². The topological polar surface area (TPSA) is 46.5 Å². The monoisotopic (exact) mass is 428 g/mol. The van der Waals surface area contributed by atoms with Gasteiger partial charge in [0.05, 0.1) is 20.1 Å². The highest BCUT2D eigenvalue weighted by Crippen LogP contribution is 2.48. The number of hydrogen-bond donors (Lipinski definition) is 1. The molecule has 164 valence electrons. The quantitative estimate of drug-likeness (QED) is 0.470. The number of likely N-dealkylation sites (N-methyl/N-ethyl adjacent to an activating group) is 1. The Morgan fingerprint density at radius 1 is 0.969 bits per heavy atom. The van der Waals surface area contributed by atoms with E-state index >= 15 is 0 Å². The minimum absolute atomic E-state index is 0.248. The van der Waals surface area contributed by atoms with Crippen LogP contribution in [0.4, 0.5) is 0 Å². The van der Waals surface area contributed by atoms with Gasteiger partial charge in [-0.05, 0) is 16.7 Å². The van der Waals surface area contributed by atoms with Gasteiger partial charge >= 0.3 is 5.97 Å². The summed E-state index contributed by atoms with van der Waals surface area (Å²) in [5.74, 6) is -0.573. The van der Waals surface area contributed by atoms with Crippen LogP contribution in [0.3, 0.4) is 0 Å². The minimum Gasteiger partial charge on any atom is -0.457 e. The Kier molecular flexibility index (Phi) is 5.36. The van der Waals surface area contributed by atoms with Crippen molar-refractivity contribution in [2.24, 2.45) is 0 Å². The van der Waals surface area contributed by atoms with Crippen LogP contribution in [0.2, 0.25) is 0 Å². The lowest BCUT2D eigenvalue weighted by Crippen LogP contribution is -2.52. The van der Waals surface area contributed by atoms with Crippen LogP contribution in [-0.4, -0.2) is 48.3 Å². The summed E-state index contributed by atoms with van der Waals surface area (Å²) in [6.07, 6.45) is 3.17. The van der Waals surface area contributed by atoms with Crippen molar-refractivity contribution < 1.29 is 19.1 Å². The lowest BCUT2D eigenvalue weighted by Gasteiger charge is -2.36. The van der Waals surface area contributed by atoms with Gasteiger partial charge in [0.2, 0.25) is 5.60 Å². The Hall–Kier alpha value is -2.95. The van der Waals surface area contributed by atoms with E-state index in [2.05, 4.69) is 31.3 Å². The van der Waals surface area contributed by atoms with E-state index < -0.39 is 11.6 Å². The van der Waals surface area contributed by atoms with Crippen molar-refractivity contribution in [2.75, 3.05) is 26.7 Å². The standard InChI is InChI=1S/C28H30NO3/c1-29(19-17-21-10-3-2-4-11-21)18-9-12-22(29)20-32-27(30)28(31)25-15-7-5-13-23(25)24-14-6-8-16-26(24)28/h2-8,10-11,13-16,22,31H,9,12,17-20H2,1H3/q+1/t22-,29-/m1/s1. The number of benzene rings is 3. The third-order valence-corrected chi connectivity index (χ3v) is 7.47. The van der Waals surface area contributed by atoms with E-state index in [4.69, 9.17) is 4.74 Å². The van der Waals surface area contributed by atoms with Gasteiger partial charge in [-0.2, -0.15) is 0 Å². The second kappa shape index (κ2) is 8.19. The molecule has 0 unspecified atom stereocenters. The maximum Gasteiger partial charge on any atom is 0.347 e. The van der Waals surface area contributed by atoms with Crippen LogP contribution in [0.25, 0.3) is 11.1 Å². The number of carbonyl (C=O) groups is 1. The number of quaternary nitrogens is 1. The fourth-order valence-electron chi connectivity index (χ4n) is 5.48. The van der Waals surface area contributed by atoms with Gasteiger partial charge in [-0.15, -0.1) is 0 Å². The number of fused-ring (bicyclic) bond motifs is 3. The summed E-state index contributed by atoms with van der Waals surface area (Å²) >= 11 is 0. The molecule has 1 aliphatic heterocycles. The van der Waals surface area contributed by atoms with E-state index in [1.807, 2.05) is 54.6 Å². The van der Waals surface area contributed by atoms with Crippen LogP contribution in [0.1, 0.15) is 29.5 Å². The van der Waals surface area contributed by atoms with Crippen LogP contribution in [0.5, 0.6) is 0 Å². The molecular formula is C28H30NO3+. The van der Waals surface area contributed by atoms with Crippen LogP contribution >= 0.6 is 0 Å². The summed E-state index contributed by atoms with van der Waals surface area (Å²) in [6, 6.07) is 25.9. The second-order valence-electron chi connectivity index (χ2n) is 9.36. The Morgan fingerprint density at radius 3 is 2.22 bits per heavy atom. The molecule has 0 amide bonds. The summed E-state index contributed by atoms with van der Waals surface area (Å²) in [7, 11) is 2.27. The molecule has 3 aromatic rings. The molecule has 1 heterocycles. The van der Waals surface area contributed by atoms with Crippen molar-refractivity contribution in [3.63, 3.8) is 0 Å². The highest BCUT2D eigenvalue weighted by Gasteiger charge is 2.50. The largest absolute Gasteiger partial charge is 0.457 e. The summed E-state index contributed by atoms with van der Waals surface area (Å²) in [4.78, 5) is 13.4. The number of carbonyl (C=O) groups excluding carboxylic acids is 1. The molecule has 1 aliphatic carbocycles. The van der Waals surface area contributed by atoms with Crippen LogP contribution in [0, 0.1) is 0 Å². The SMILES string of the molecule is C[N@+]1(CCc2ccccc2)CCC[C@@H]1COC(=O)C1(O)c2ccccc2-c2ccccc21. The van der Waals surface area contributed by atoms with Gasteiger partial charge in [0.25, 0.3) is 0 Å². The fourth-order valence-corrected chi connectivity index (χ4v) is 5.48. The molecule has 0 spiro atoms. The third kappa shape index (κ3) is 3.44. The first-order valence-corrected chi connectivity index (χ1v) is 11.5. The predicted molar refractivity (Wildman–Crippen MR) is 125 cm³/mol. The highest BCUT2D eigenvalue weighted by molar-refractivity contribution is 5.96. The lowest BCUT2D eigenvalue weighted by molar-refractivity contribution is -0.921. The Bertz CT molecular complexity index is 1080. The molecular weight excluding hydrogens is 398 g/mol. The van der Waals surface area contributed by atoms with Gasteiger partial charge in [-0.1, -0.05) is 78.9 Å². The molecule has 0 bridgehead atoms. The fraction of sp³-hybridized carbons (Fsp3) is 0.321. The highest BCUT2D eigenvalue weighted by atomic mass is 16.6. The second-order valence-corrected chi connectivity index (χ2v) is 9.36. The number of aliphatic hydroxyl groups is 1. The van der Waals surface area contributed by atoms with Crippen LogP contribution in [-0.2, 0) is 21.6 Å². The number of ether oxygens (including phenoxy) is 1. The summed E-state index contributed by atoms with van der Waals surface area (Å²) in [6.45, 7) is 2.43. The van der Waals surface area contributed by atoms with Gasteiger partial charge in [0.1, 0.15) is 12.6 Å². The van der Waals surface area contributed by atoms with Gasteiger partial charge in [-0.25, -0.2) is 4.79 Å². The zero-order valence-electron chi connectivity index (χ0n) is 18.5. The zero-order chi connectivity index (χ0) is 22.2. The van der Waals surface area contributed by atoms with Crippen LogP contribution < -0.4 is 0 Å². The maximum atomic E-state index is 13.4. The average molecular weight is 429 g/mol. The van der Waals surface area contributed by atoms with Crippen LogP contribution in [0.15, 0.2) is 78.9 Å². The molecule has 4 heteroatoms. The molecule has 5 rings (SSSR count). The van der Waals surface area contributed by atoms with Crippen molar-refractivity contribution in [1.82, 2.24) is 0 Å². The molecule has 1 fully saturated rings. The summed E-state index contributed by atoms with van der Waals surface area (Å²) in [5.41, 5.74) is 2.60. The number of hydrogen-bond acceptors (Lipinski definition) is 3. The van der Waals surface area contributed by atoms with Gasteiger partial charge in [0.15, 0.2) is 0 Å². The number of rotatable bonds is 6. The van der Waals surface area contributed by atoms with Crippen molar-refractivity contribution in [1.29, 1.82) is 0 Å². The molecule has 2 aliphatic rings. The molecule has 4 nitrogen and oxygen atoms in total. The molecule has 3 aromatic carbocycles. The lowest BCUT2D eigenvalue weighted by atomic mass is 9.91. The van der Waals surface area contributed by atoms with Gasteiger partial charge in [0, 0.05) is 30.4 Å². The van der Waals surface area contributed by atoms with Crippen molar-refractivity contribution in [3.8, 4) is 11.1 Å². The van der Waals surface area contributed by atoms with Crippen molar-refractivity contribution in [3.05, 3.63) is 95.6 Å². The number of esters is 1. The zero-order valence-corrected chi connectivity index (χ0v) is 18.5. The van der Waals surface area contributed by atoms with E-state index in [0.29, 0.717) is 17.7 Å². The summed E-state index contributed by atoms with van der Waals surface area (Å²) in [5, 5.41) is 11.6. The van der Waals surface area contributed by atoms with Gasteiger partial charge in [-0.3, -0.25) is 0 Å². The maximum absolute atomic E-state index is 13.4. The van der Waals surface area contributed by atoms with E-state index in [9.17, 15) is 9.90 Å². The Labute approximate surface area is 189 Å². The normalized spacial score (nSPS) is 22.9. The van der Waals surface area contributed by atoms with Crippen molar-refractivity contribution in [2.45, 2.75) is 30.9 Å². The first-order valence-electron chi connectivity index (χ1n) is 11.5. The van der Waals surface area contributed by atoms with E-state index in [1.165, 1.54) is 5.56 Å². The average Bonchev–Trinajstić information content (AvgIpc) is 3.33. The van der Waals surface area contributed by atoms with Gasteiger partial charge < -0.3 is 14.3 Å². The van der Waals surface area contributed by atoms with E-state index in [0.717, 1.165) is 48.0 Å². The number of likely N-dealkylation sites (tertiary alicyclic amines) is 1. The minimum atomic E-state index is -1.75.